The molecular weight excluding hydrogens is 228 g/mol. The quantitative estimate of drug-likeness (QED) is 0.826. The molecule has 0 spiro atoms. The van der Waals surface area contributed by atoms with E-state index in [2.05, 4.69) is 4.98 Å². The number of carbonyl (C=O) groups is 1. The van der Waals surface area contributed by atoms with Crippen LogP contribution in [0.25, 0.3) is 0 Å². The Morgan fingerprint density at radius 1 is 1.33 bits per heavy atom. The fourth-order valence-electron chi connectivity index (χ4n) is 3.38. The van der Waals surface area contributed by atoms with Gasteiger partial charge in [-0.2, -0.15) is 0 Å². The van der Waals surface area contributed by atoms with E-state index in [0.717, 1.165) is 19.4 Å². The summed E-state index contributed by atoms with van der Waals surface area (Å²) in [4.78, 5) is 18.2. The Morgan fingerprint density at radius 3 is 3.00 bits per heavy atom. The second-order valence-electron chi connectivity index (χ2n) is 5.29. The van der Waals surface area contributed by atoms with Gasteiger partial charge in [-0.15, -0.1) is 0 Å². The van der Waals surface area contributed by atoms with E-state index in [1.807, 2.05) is 4.90 Å². The van der Waals surface area contributed by atoms with Gasteiger partial charge in [0.2, 0.25) is 0 Å². The molecule has 2 unspecified atom stereocenters. The molecule has 1 aromatic rings. The Bertz CT molecular complexity index is 461. The number of likely N-dealkylation sites (tertiary alicyclic amines) is 1. The van der Waals surface area contributed by atoms with Gasteiger partial charge in [-0.1, -0.05) is 12.8 Å². The molecule has 4 heteroatoms. The van der Waals surface area contributed by atoms with Crippen LogP contribution in [0.4, 0.5) is 0 Å². The summed E-state index contributed by atoms with van der Waals surface area (Å²) in [5.74, 6) is 0.623. The molecule has 1 saturated heterocycles. The van der Waals surface area contributed by atoms with Crippen LogP contribution in [0.5, 0.6) is 5.75 Å². The lowest BCUT2D eigenvalue weighted by Crippen LogP contribution is -2.39. The monoisotopic (exact) mass is 246 g/mol. The van der Waals surface area contributed by atoms with Crippen LogP contribution in [0.15, 0.2) is 18.5 Å². The highest BCUT2D eigenvalue weighted by atomic mass is 16.3. The lowest BCUT2D eigenvalue weighted by Gasteiger charge is -2.31. The maximum Gasteiger partial charge on any atom is 0.257 e. The standard InChI is InChI=1S/C14H18N2O2/c17-13-9-15-7-5-11(13)14(18)16-8-6-10-3-1-2-4-12(10)16/h5,7,9-10,12,17H,1-4,6,8H2. The molecule has 2 heterocycles. The molecule has 0 bridgehead atoms. The topological polar surface area (TPSA) is 53.4 Å². The van der Waals surface area contributed by atoms with Gasteiger partial charge < -0.3 is 10.0 Å². The third-order valence-electron chi connectivity index (χ3n) is 4.30. The number of rotatable bonds is 1. The zero-order valence-electron chi connectivity index (χ0n) is 10.4. The minimum atomic E-state index is -0.0377. The maximum absolute atomic E-state index is 12.5. The third-order valence-corrected chi connectivity index (χ3v) is 4.30. The van der Waals surface area contributed by atoms with Crippen LogP contribution in [0.3, 0.4) is 0 Å². The van der Waals surface area contributed by atoms with Gasteiger partial charge in [0, 0.05) is 18.8 Å². The summed E-state index contributed by atoms with van der Waals surface area (Å²) in [6.45, 7) is 0.829. The van der Waals surface area contributed by atoms with Crippen molar-refractivity contribution < 1.29 is 9.90 Å². The van der Waals surface area contributed by atoms with Gasteiger partial charge >= 0.3 is 0 Å². The smallest absolute Gasteiger partial charge is 0.257 e. The SMILES string of the molecule is O=C(c1ccncc1O)N1CCC2CCCCC21. The van der Waals surface area contributed by atoms with Gasteiger partial charge in [0.25, 0.3) is 5.91 Å². The van der Waals surface area contributed by atoms with Crippen molar-refractivity contribution in [2.24, 2.45) is 5.92 Å². The highest BCUT2D eigenvalue weighted by Gasteiger charge is 2.38. The molecule has 1 amide bonds. The molecule has 0 aromatic carbocycles. The highest BCUT2D eigenvalue weighted by Crippen LogP contribution is 2.37. The molecule has 1 saturated carbocycles. The van der Waals surface area contributed by atoms with Gasteiger partial charge in [0.05, 0.1) is 11.8 Å². The number of amides is 1. The second-order valence-corrected chi connectivity index (χ2v) is 5.29. The van der Waals surface area contributed by atoms with Gasteiger partial charge in [-0.05, 0) is 31.2 Å². The zero-order valence-corrected chi connectivity index (χ0v) is 10.4. The predicted molar refractivity (Wildman–Crippen MR) is 67.3 cm³/mol. The number of hydrogen-bond donors (Lipinski definition) is 1. The minimum Gasteiger partial charge on any atom is -0.505 e. The van der Waals surface area contributed by atoms with E-state index in [1.165, 1.54) is 25.5 Å². The molecule has 1 aromatic heterocycles. The normalized spacial score (nSPS) is 27.0. The first-order chi connectivity index (χ1) is 8.77. The molecule has 2 fully saturated rings. The average Bonchev–Trinajstić information content (AvgIpc) is 2.82. The van der Waals surface area contributed by atoms with Crippen LogP contribution in [0, 0.1) is 5.92 Å². The van der Waals surface area contributed by atoms with Crippen molar-refractivity contribution in [3.8, 4) is 5.75 Å². The van der Waals surface area contributed by atoms with Crippen molar-refractivity contribution in [1.82, 2.24) is 9.88 Å². The van der Waals surface area contributed by atoms with Gasteiger partial charge in [0.15, 0.2) is 0 Å². The first-order valence-electron chi connectivity index (χ1n) is 6.71. The van der Waals surface area contributed by atoms with E-state index in [9.17, 15) is 9.90 Å². The second kappa shape index (κ2) is 4.59. The van der Waals surface area contributed by atoms with Crippen molar-refractivity contribution in [2.75, 3.05) is 6.54 Å². The zero-order chi connectivity index (χ0) is 12.5. The molecular formula is C14H18N2O2. The van der Waals surface area contributed by atoms with Crippen molar-refractivity contribution in [3.63, 3.8) is 0 Å². The number of carbonyl (C=O) groups excluding carboxylic acids is 1. The van der Waals surface area contributed by atoms with Crippen LogP contribution in [0.2, 0.25) is 0 Å². The lowest BCUT2D eigenvalue weighted by atomic mass is 9.85. The Hall–Kier alpha value is -1.58. The average molecular weight is 246 g/mol. The summed E-state index contributed by atoms with van der Waals surface area (Å²) in [6, 6.07) is 1.99. The summed E-state index contributed by atoms with van der Waals surface area (Å²) < 4.78 is 0. The molecule has 3 rings (SSSR count). The fourth-order valence-corrected chi connectivity index (χ4v) is 3.38. The van der Waals surface area contributed by atoms with Gasteiger partial charge in [0.1, 0.15) is 5.75 Å². The Morgan fingerprint density at radius 2 is 2.17 bits per heavy atom. The molecule has 1 aliphatic carbocycles. The van der Waals surface area contributed by atoms with Crippen molar-refractivity contribution >= 4 is 5.91 Å². The summed E-state index contributed by atoms with van der Waals surface area (Å²) >= 11 is 0. The number of aromatic hydroxyl groups is 1. The molecule has 2 aliphatic rings. The van der Waals surface area contributed by atoms with Crippen molar-refractivity contribution in [2.45, 2.75) is 38.1 Å². The Labute approximate surface area is 107 Å². The van der Waals surface area contributed by atoms with Crippen LogP contribution in [-0.4, -0.2) is 33.5 Å². The Balaban J connectivity index is 1.83. The first-order valence-corrected chi connectivity index (χ1v) is 6.71. The van der Waals surface area contributed by atoms with Crippen LogP contribution < -0.4 is 0 Å². The van der Waals surface area contributed by atoms with Crippen LogP contribution in [-0.2, 0) is 0 Å². The number of pyridine rings is 1. The first kappa shape index (κ1) is 11.5. The van der Waals surface area contributed by atoms with Crippen molar-refractivity contribution in [3.05, 3.63) is 24.0 Å². The van der Waals surface area contributed by atoms with E-state index in [1.54, 1.807) is 12.3 Å². The van der Waals surface area contributed by atoms with Crippen molar-refractivity contribution in [1.29, 1.82) is 0 Å². The molecule has 1 N–H and O–H groups in total. The van der Waals surface area contributed by atoms with Gasteiger partial charge in [-0.25, -0.2) is 0 Å². The van der Waals surface area contributed by atoms with Gasteiger partial charge in [-0.3, -0.25) is 9.78 Å². The van der Waals surface area contributed by atoms with E-state index in [-0.39, 0.29) is 11.7 Å². The molecule has 4 nitrogen and oxygen atoms in total. The number of aromatic nitrogens is 1. The van der Waals surface area contributed by atoms with E-state index in [4.69, 9.17) is 0 Å². The number of fused-ring (bicyclic) bond motifs is 1. The predicted octanol–water partition coefficient (Wildman–Crippen LogP) is 2.19. The molecule has 1 aliphatic heterocycles. The maximum atomic E-state index is 12.5. The van der Waals surface area contributed by atoms with E-state index in [0.29, 0.717) is 17.5 Å². The molecule has 2 atom stereocenters. The minimum absolute atomic E-state index is 0.0123. The molecule has 96 valence electrons. The number of nitrogens with zero attached hydrogens (tertiary/aromatic N) is 2. The van der Waals surface area contributed by atoms with E-state index < -0.39 is 0 Å². The van der Waals surface area contributed by atoms with Crippen LogP contribution >= 0.6 is 0 Å². The third kappa shape index (κ3) is 1.85. The fraction of sp³-hybridized carbons (Fsp3) is 0.571. The van der Waals surface area contributed by atoms with Crippen LogP contribution in [0.1, 0.15) is 42.5 Å². The summed E-state index contributed by atoms with van der Waals surface area (Å²) in [5.41, 5.74) is 0.385. The summed E-state index contributed by atoms with van der Waals surface area (Å²) in [5, 5.41) is 9.73. The number of hydrogen-bond acceptors (Lipinski definition) is 3. The lowest BCUT2D eigenvalue weighted by molar-refractivity contribution is 0.0687. The molecule has 18 heavy (non-hydrogen) atoms. The molecule has 0 radical (unpaired) electrons. The Kier molecular flexibility index (Phi) is 2.94. The summed E-state index contributed by atoms with van der Waals surface area (Å²) in [7, 11) is 0. The van der Waals surface area contributed by atoms with E-state index >= 15 is 0 Å². The summed E-state index contributed by atoms with van der Waals surface area (Å²) in [6.07, 6.45) is 8.88. The highest BCUT2D eigenvalue weighted by molar-refractivity contribution is 5.97. The largest absolute Gasteiger partial charge is 0.505 e.